The third-order valence-corrected chi connectivity index (χ3v) is 5.10. The smallest absolute Gasteiger partial charge is 0.344 e. The van der Waals surface area contributed by atoms with Gasteiger partial charge in [0.25, 0.3) is 0 Å². The maximum atomic E-state index is 12.7. The Morgan fingerprint density at radius 1 is 1.29 bits per heavy atom. The van der Waals surface area contributed by atoms with Crippen molar-refractivity contribution in [3.63, 3.8) is 0 Å². The summed E-state index contributed by atoms with van der Waals surface area (Å²) in [5.41, 5.74) is 0.725. The predicted octanol–water partition coefficient (Wildman–Crippen LogP) is 2.03. The zero-order chi connectivity index (χ0) is 20.4. The summed E-state index contributed by atoms with van der Waals surface area (Å²) in [5, 5.41) is 2.89. The Bertz CT molecular complexity index is 791. The molecule has 3 rings (SSSR count). The van der Waals surface area contributed by atoms with Crippen molar-refractivity contribution in [1.29, 1.82) is 0 Å². The summed E-state index contributed by atoms with van der Waals surface area (Å²) in [5.74, 6) is 0.0775. The molecule has 2 aliphatic heterocycles. The van der Waals surface area contributed by atoms with Crippen molar-refractivity contribution in [3.8, 4) is 11.5 Å². The van der Waals surface area contributed by atoms with Gasteiger partial charge in [-0.15, -0.1) is 0 Å². The van der Waals surface area contributed by atoms with E-state index in [1.807, 2.05) is 0 Å². The van der Waals surface area contributed by atoms with E-state index >= 15 is 0 Å². The van der Waals surface area contributed by atoms with Crippen LogP contribution >= 0.6 is 0 Å². The fourth-order valence-electron chi connectivity index (χ4n) is 3.64. The Balaban J connectivity index is 1.88. The molecule has 1 aromatic rings. The van der Waals surface area contributed by atoms with Gasteiger partial charge in [0.05, 0.1) is 14.2 Å². The highest BCUT2D eigenvalue weighted by Crippen LogP contribution is 2.45. The second-order valence-electron chi connectivity index (χ2n) is 7.35. The van der Waals surface area contributed by atoms with Crippen LogP contribution in [0.3, 0.4) is 0 Å². The molecule has 0 unspecified atom stereocenters. The fourth-order valence-corrected chi connectivity index (χ4v) is 3.64. The molecule has 0 aromatic heterocycles. The number of nitrogens with zero attached hydrogens (tertiary/aromatic N) is 1. The van der Waals surface area contributed by atoms with Gasteiger partial charge in [0.15, 0.2) is 11.5 Å². The highest BCUT2D eigenvalue weighted by atomic mass is 16.6. The average molecular weight is 390 g/mol. The largest absolute Gasteiger partial charge is 0.493 e. The van der Waals surface area contributed by atoms with Crippen molar-refractivity contribution in [2.45, 2.75) is 45.4 Å². The van der Waals surface area contributed by atoms with Crippen molar-refractivity contribution < 1.29 is 28.6 Å². The summed E-state index contributed by atoms with van der Waals surface area (Å²) in [6.07, 6.45) is 0.533. The van der Waals surface area contributed by atoms with E-state index in [4.69, 9.17) is 14.2 Å². The molecular formula is C20H26N2O6. The molecule has 2 atom stereocenters. The van der Waals surface area contributed by atoms with E-state index in [0.29, 0.717) is 30.2 Å². The zero-order valence-corrected chi connectivity index (χ0v) is 16.6. The molecule has 2 aliphatic rings. The number of amides is 2. The van der Waals surface area contributed by atoms with Crippen molar-refractivity contribution in [1.82, 2.24) is 10.2 Å². The number of hydrogen-bond acceptors (Lipinski definition) is 6. The van der Waals surface area contributed by atoms with Crippen molar-refractivity contribution >= 4 is 17.8 Å². The van der Waals surface area contributed by atoms with Crippen LogP contribution in [-0.2, 0) is 14.3 Å². The van der Waals surface area contributed by atoms with Crippen molar-refractivity contribution in [3.05, 3.63) is 23.3 Å². The van der Waals surface area contributed by atoms with Gasteiger partial charge in [-0.1, -0.05) is 13.8 Å². The summed E-state index contributed by atoms with van der Waals surface area (Å²) >= 11 is 0. The first-order valence-electron chi connectivity index (χ1n) is 9.43. The molecule has 0 saturated carbocycles. The van der Waals surface area contributed by atoms with Crippen molar-refractivity contribution in [2.24, 2.45) is 5.92 Å². The Hall–Kier alpha value is -2.77. The first-order chi connectivity index (χ1) is 13.4. The van der Waals surface area contributed by atoms with Gasteiger partial charge in [-0.05, 0) is 30.9 Å². The third kappa shape index (κ3) is 3.50. The molecule has 1 fully saturated rings. The summed E-state index contributed by atoms with van der Waals surface area (Å²) < 4.78 is 16.1. The molecule has 0 spiro atoms. The minimum absolute atomic E-state index is 0.218. The Morgan fingerprint density at radius 3 is 2.68 bits per heavy atom. The number of benzene rings is 1. The fraction of sp³-hybridized carbons (Fsp3) is 0.550. The second kappa shape index (κ2) is 8.08. The van der Waals surface area contributed by atoms with Gasteiger partial charge in [0.2, 0.25) is 18.0 Å². The molecule has 8 heteroatoms. The summed E-state index contributed by atoms with van der Waals surface area (Å²) in [7, 11) is 2.91. The predicted molar refractivity (Wildman–Crippen MR) is 100 cm³/mol. The van der Waals surface area contributed by atoms with E-state index in [1.54, 1.807) is 12.1 Å². The van der Waals surface area contributed by atoms with Crippen molar-refractivity contribution in [2.75, 3.05) is 20.8 Å². The molecule has 1 aromatic carbocycles. The molecular weight excluding hydrogens is 364 g/mol. The first-order valence-corrected chi connectivity index (χ1v) is 9.43. The first kappa shape index (κ1) is 20.0. The third-order valence-electron chi connectivity index (χ3n) is 5.10. The average Bonchev–Trinajstić information content (AvgIpc) is 3.20. The molecule has 1 N–H and O–H groups in total. The monoisotopic (exact) mass is 390 g/mol. The summed E-state index contributed by atoms with van der Waals surface area (Å²) in [4.78, 5) is 39.1. The highest BCUT2D eigenvalue weighted by Gasteiger charge is 2.47. The van der Waals surface area contributed by atoms with Gasteiger partial charge in [-0.2, -0.15) is 0 Å². The van der Waals surface area contributed by atoms with E-state index in [0.717, 1.165) is 6.42 Å². The normalized spacial score (nSPS) is 21.0. The van der Waals surface area contributed by atoms with Crippen LogP contribution < -0.4 is 14.8 Å². The van der Waals surface area contributed by atoms with Crippen LogP contribution in [0.25, 0.3) is 0 Å². The number of rotatable bonds is 7. The minimum atomic E-state index is -0.946. The van der Waals surface area contributed by atoms with Crippen LogP contribution in [0.4, 0.5) is 0 Å². The van der Waals surface area contributed by atoms with E-state index in [1.165, 1.54) is 19.1 Å². The van der Waals surface area contributed by atoms with E-state index in [9.17, 15) is 14.4 Å². The molecule has 0 bridgehead atoms. The van der Waals surface area contributed by atoms with Gasteiger partial charge < -0.3 is 19.5 Å². The lowest BCUT2D eigenvalue weighted by Crippen LogP contribution is -2.46. The van der Waals surface area contributed by atoms with Crippen LogP contribution in [0.15, 0.2) is 12.1 Å². The summed E-state index contributed by atoms with van der Waals surface area (Å²) in [6.45, 7) is 4.70. The second-order valence-corrected chi connectivity index (χ2v) is 7.35. The number of carbonyl (C=O) groups is 3. The molecule has 2 amide bonds. The quantitative estimate of drug-likeness (QED) is 0.716. The van der Waals surface area contributed by atoms with E-state index < -0.39 is 18.2 Å². The maximum absolute atomic E-state index is 12.7. The molecule has 28 heavy (non-hydrogen) atoms. The van der Waals surface area contributed by atoms with E-state index in [-0.39, 0.29) is 29.5 Å². The number of methoxy groups -OCH3 is 2. The summed E-state index contributed by atoms with van der Waals surface area (Å²) in [6, 6.07) is 2.66. The zero-order valence-electron chi connectivity index (χ0n) is 16.6. The number of ether oxygens (including phenoxy) is 3. The molecule has 2 heterocycles. The minimum Gasteiger partial charge on any atom is -0.493 e. The van der Waals surface area contributed by atoms with Gasteiger partial charge in [-0.3, -0.25) is 14.5 Å². The topological polar surface area (TPSA) is 94.2 Å². The van der Waals surface area contributed by atoms with Crippen LogP contribution in [-0.4, -0.2) is 49.5 Å². The lowest BCUT2D eigenvalue weighted by Gasteiger charge is -2.29. The Kier molecular flexibility index (Phi) is 5.76. The van der Waals surface area contributed by atoms with Crippen LogP contribution in [0.2, 0.25) is 0 Å². The standard InChI is InChI=1S/C20H26N2O6/c1-11(2)9-10-21-18(24)13-6-8-15(23)22(13)19-12-5-7-14(26-3)17(27-4)16(12)20(25)28-19/h5,7,11,13,19H,6,8-10H2,1-4H3,(H,21,24)/t13-,19-/m1/s1. The van der Waals surface area contributed by atoms with Crippen LogP contribution in [0.1, 0.15) is 55.3 Å². The molecule has 8 nitrogen and oxygen atoms in total. The molecule has 0 aliphatic carbocycles. The Morgan fingerprint density at radius 2 is 2.04 bits per heavy atom. The van der Waals surface area contributed by atoms with Gasteiger partial charge in [0.1, 0.15) is 11.6 Å². The lowest BCUT2D eigenvalue weighted by atomic mass is 10.0. The SMILES string of the molecule is COc1ccc2c(c1OC)C(=O)O[C@H]2N1C(=O)CC[C@@H]1C(=O)NCCC(C)C. The Labute approximate surface area is 164 Å². The number of carbonyl (C=O) groups excluding carboxylic acids is 3. The molecule has 1 saturated heterocycles. The van der Waals surface area contributed by atoms with E-state index in [2.05, 4.69) is 19.2 Å². The number of cyclic esters (lactones) is 1. The number of hydrogen-bond donors (Lipinski definition) is 1. The lowest BCUT2D eigenvalue weighted by molar-refractivity contribution is -0.145. The molecule has 152 valence electrons. The van der Waals surface area contributed by atoms with Crippen LogP contribution in [0.5, 0.6) is 11.5 Å². The molecule has 0 radical (unpaired) electrons. The van der Waals surface area contributed by atoms with Gasteiger partial charge in [-0.25, -0.2) is 4.79 Å². The van der Waals surface area contributed by atoms with Gasteiger partial charge >= 0.3 is 5.97 Å². The number of likely N-dealkylation sites (tertiary alicyclic amines) is 1. The maximum Gasteiger partial charge on any atom is 0.344 e. The van der Waals surface area contributed by atoms with Gasteiger partial charge in [0, 0.05) is 18.5 Å². The highest BCUT2D eigenvalue weighted by molar-refractivity contribution is 5.99. The number of fused-ring (bicyclic) bond motifs is 1. The van der Waals surface area contributed by atoms with Crippen LogP contribution in [0, 0.1) is 5.92 Å². The number of nitrogens with one attached hydrogen (secondary N) is 1. The number of esters is 1.